The van der Waals surface area contributed by atoms with Gasteiger partial charge in [0, 0.05) is 31.7 Å². The first-order chi connectivity index (χ1) is 11.1. The third-order valence-corrected chi connectivity index (χ3v) is 4.95. The number of nitrogens with zero attached hydrogens (tertiary/aromatic N) is 2. The molecule has 2 saturated heterocycles. The second kappa shape index (κ2) is 8.85. The Hall–Kier alpha value is -0.850. The lowest BCUT2D eigenvalue weighted by molar-refractivity contribution is -0.0817. The van der Waals surface area contributed by atoms with Gasteiger partial charge in [0.25, 0.3) is 0 Å². The summed E-state index contributed by atoms with van der Waals surface area (Å²) in [4.78, 5) is 7.06. The van der Waals surface area contributed by atoms with Crippen molar-refractivity contribution in [2.24, 2.45) is 10.4 Å². The lowest BCUT2D eigenvalue weighted by atomic mass is 9.89. The third kappa shape index (κ3) is 5.06. The van der Waals surface area contributed by atoms with E-state index in [2.05, 4.69) is 31.0 Å². The van der Waals surface area contributed by atoms with Gasteiger partial charge in [0.1, 0.15) is 6.10 Å². The van der Waals surface area contributed by atoms with Crippen molar-refractivity contribution in [1.29, 1.82) is 0 Å². The van der Waals surface area contributed by atoms with E-state index in [9.17, 15) is 5.11 Å². The Labute approximate surface area is 140 Å². The van der Waals surface area contributed by atoms with E-state index in [0.717, 1.165) is 51.5 Å². The van der Waals surface area contributed by atoms with Crippen LogP contribution in [0.4, 0.5) is 0 Å². The summed E-state index contributed by atoms with van der Waals surface area (Å²) < 4.78 is 11.7. The van der Waals surface area contributed by atoms with Crippen LogP contribution in [0.5, 0.6) is 0 Å². The molecule has 2 N–H and O–H groups in total. The fourth-order valence-corrected chi connectivity index (χ4v) is 2.95. The fourth-order valence-electron chi connectivity index (χ4n) is 2.95. The average Bonchev–Trinajstić information content (AvgIpc) is 3.13. The van der Waals surface area contributed by atoms with E-state index in [1.165, 1.54) is 0 Å². The predicted molar refractivity (Wildman–Crippen MR) is 91.7 cm³/mol. The average molecular weight is 327 g/mol. The highest BCUT2D eigenvalue weighted by Gasteiger charge is 2.32. The number of aliphatic hydroxyl groups is 1. The fraction of sp³-hybridized carbons (Fsp3) is 0.941. The number of nitrogens with one attached hydrogen (secondary N) is 1. The predicted octanol–water partition coefficient (Wildman–Crippen LogP) is 1.24. The molecule has 6 heteroatoms. The highest BCUT2D eigenvalue weighted by molar-refractivity contribution is 5.80. The van der Waals surface area contributed by atoms with Gasteiger partial charge in [-0.15, -0.1) is 0 Å². The molecule has 6 nitrogen and oxygen atoms in total. The molecule has 2 heterocycles. The van der Waals surface area contributed by atoms with E-state index in [4.69, 9.17) is 14.5 Å². The van der Waals surface area contributed by atoms with Crippen molar-refractivity contribution >= 4 is 5.96 Å². The van der Waals surface area contributed by atoms with Gasteiger partial charge in [-0.1, -0.05) is 13.8 Å². The van der Waals surface area contributed by atoms with Crippen LogP contribution < -0.4 is 5.32 Å². The Morgan fingerprint density at radius 2 is 2.09 bits per heavy atom. The molecule has 2 rings (SSSR count). The first-order valence-corrected chi connectivity index (χ1v) is 8.99. The van der Waals surface area contributed by atoms with E-state index < -0.39 is 0 Å². The maximum Gasteiger partial charge on any atom is 0.194 e. The number of ether oxygens (including phenoxy) is 2. The van der Waals surface area contributed by atoms with Crippen LogP contribution in [0.3, 0.4) is 0 Å². The molecule has 0 aromatic rings. The Balaban J connectivity index is 2.00. The van der Waals surface area contributed by atoms with Gasteiger partial charge >= 0.3 is 0 Å². The molecule has 0 aliphatic carbocycles. The van der Waals surface area contributed by atoms with Gasteiger partial charge in [0.2, 0.25) is 0 Å². The molecule has 0 spiro atoms. The standard InChI is InChI=1S/C17H33N3O3/c1-4-17(3,13-21)12-19-16(18-5-2)20-8-10-23-15(11-20)14-7-6-9-22-14/h14-15,21H,4-13H2,1-3H3,(H,18,19). The minimum Gasteiger partial charge on any atom is -0.396 e. The van der Waals surface area contributed by atoms with E-state index >= 15 is 0 Å². The van der Waals surface area contributed by atoms with Crippen LogP contribution in [0.1, 0.15) is 40.0 Å². The smallest absolute Gasteiger partial charge is 0.194 e. The maximum absolute atomic E-state index is 9.58. The van der Waals surface area contributed by atoms with Crippen molar-refractivity contribution in [2.45, 2.75) is 52.2 Å². The number of aliphatic imine (C=N–C) groups is 1. The molecule has 23 heavy (non-hydrogen) atoms. The van der Waals surface area contributed by atoms with Crippen LogP contribution in [0.25, 0.3) is 0 Å². The van der Waals surface area contributed by atoms with Gasteiger partial charge in [0.05, 0.1) is 25.9 Å². The summed E-state index contributed by atoms with van der Waals surface area (Å²) in [5, 5.41) is 13.0. The molecule has 2 aliphatic rings. The van der Waals surface area contributed by atoms with E-state index in [1.54, 1.807) is 0 Å². The van der Waals surface area contributed by atoms with Crippen LogP contribution in [0.2, 0.25) is 0 Å². The maximum atomic E-state index is 9.58. The highest BCUT2D eigenvalue weighted by Crippen LogP contribution is 2.22. The van der Waals surface area contributed by atoms with Crippen LogP contribution in [-0.4, -0.2) is 74.2 Å². The van der Waals surface area contributed by atoms with E-state index in [0.29, 0.717) is 13.2 Å². The van der Waals surface area contributed by atoms with Gasteiger partial charge in [-0.05, 0) is 26.2 Å². The number of guanidine groups is 1. The highest BCUT2D eigenvalue weighted by atomic mass is 16.5. The zero-order valence-corrected chi connectivity index (χ0v) is 14.9. The number of morpholine rings is 1. The topological polar surface area (TPSA) is 66.3 Å². The SMILES string of the molecule is CCNC(=NCC(C)(CC)CO)N1CCOC(C2CCCO2)C1. The number of hydrogen-bond donors (Lipinski definition) is 2. The second-order valence-electron chi connectivity index (χ2n) is 6.90. The molecule has 2 aliphatic heterocycles. The first-order valence-electron chi connectivity index (χ1n) is 8.99. The Morgan fingerprint density at radius 1 is 1.30 bits per heavy atom. The minimum atomic E-state index is -0.152. The number of aliphatic hydroxyl groups excluding tert-OH is 1. The van der Waals surface area contributed by atoms with Crippen LogP contribution in [0, 0.1) is 5.41 Å². The van der Waals surface area contributed by atoms with Crippen molar-refractivity contribution in [2.75, 3.05) is 46.0 Å². The minimum absolute atomic E-state index is 0.130. The monoisotopic (exact) mass is 327 g/mol. The molecule has 0 amide bonds. The molecule has 3 atom stereocenters. The summed E-state index contributed by atoms with van der Waals surface area (Å²) in [6, 6.07) is 0. The summed E-state index contributed by atoms with van der Waals surface area (Å²) >= 11 is 0. The quantitative estimate of drug-likeness (QED) is 0.568. The van der Waals surface area contributed by atoms with Crippen molar-refractivity contribution in [3.8, 4) is 0 Å². The third-order valence-electron chi connectivity index (χ3n) is 4.95. The Kier molecular flexibility index (Phi) is 7.11. The molecular weight excluding hydrogens is 294 g/mol. The summed E-state index contributed by atoms with van der Waals surface area (Å²) in [6.07, 6.45) is 3.48. The molecule has 0 aromatic heterocycles. The molecule has 0 aromatic carbocycles. The van der Waals surface area contributed by atoms with E-state index in [1.807, 2.05) is 0 Å². The molecule has 0 saturated carbocycles. The largest absolute Gasteiger partial charge is 0.396 e. The van der Waals surface area contributed by atoms with Gasteiger partial charge < -0.3 is 24.8 Å². The molecule has 3 unspecified atom stereocenters. The molecular formula is C17H33N3O3. The number of rotatable bonds is 6. The van der Waals surface area contributed by atoms with Crippen LogP contribution in [0.15, 0.2) is 4.99 Å². The lowest BCUT2D eigenvalue weighted by Crippen LogP contribution is -2.53. The van der Waals surface area contributed by atoms with Crippen molar-refractivity contribution in [3.05, 3.63) is 0 Å². The zero-order valence-electron chi connectivity index (χ0n) is 14.9. The summed E-state index contributed by atoms with van der Waals surface area (Å²) in [7, 11) is 0. The van der Waals surface area contributed by atoms with Gasteiger partial charge in [-0.3, -0.25) is 4.99 Å². The van der Waals surface area contributed by atoms with E-state index in [-0.39, 0.29) is 24.2 Å². The Bertz CT molecular complexity index is 379. The van der Waals surface area contributed by atoms with Crippen molar-refractivity contribution < 1.29 is 14.6 Å². The van der Waals surface area contributed by atoms with Gasteiger partial charge in [-0.2, -0.15) is 0 Å². The van der Waals surface area contributed by atoms with Crippen molar-refractivity contribution in [1.82, 2.24) is 10.2 Å². The molecule has 2 fully saturated rings. The summed E-state index contributed by atoms with van der Waals surface area (Å²) in [5.74, 6) is 0.923. The summed E-state index contributed by atoms with van der Waals surface area (Å²) in [5.41, 5.74) is -0.152. The second-order valence-corrected chi connectivity index (χ2v) is 6.90. The summed E-state index contributed by atoms with van der Waals surface area (Å²) in [6.45, 7) is 11.1. The molecule has 0 radical (unpaired) electrons. The van der Waals surface area contributed by atoms with Crippen LogP contribution in [-0.2, 0) is 9.47 Å². The van der Waals surface area contributed by atoms with Crippen molar-refractivity contribution in [3.63, 3.8) is 0 Å². The normalized spacial score (nSPS) is 28.7. The lowest BCUT2D eigenvalue weighted by Gasteiger charge is -2.37. The molecule has 0 bridgehead atoms. The number of hydrogen-bond acceptors (Lipinski definition) is 4. The Morgan fingerprint density at radius 3 is 2.70 bits per heavy atom. The van der Waals surface area contributed by atoms with Gasteiger partial charge in [-0.25, -0.2) is 0 Å². The zero-order chi connectivity index (χ0) is 16.7. The van der Waals surface area contributed by atoms with Crippen LogP contribution >= 0.6 is 0 Å². The molecule has 134 valence electrons. The first kappa shape index (κ1) is 18.5. The van der Waals surface area contributed by atoms with Gasteiger partial charge in [0.15, 0.2) is 5.96 Å².